The molecule has 1 saturated carbocycles. The van der Waals surface area contributed by atoms with Crippen molar-refractivity contribution in [3.63, 3.8) is 0 Å². The van der Waals surface area contributed by atoms with Gasteiger partial charge in [-0.2, -0.15) is 0 Å². The summed E-state index contributed by atoms with van der Waals surface area (Å²) in [4.78, 5) is 0. The first-order chi connectivity index (χ1) is 6.58. The average Bonchev–Trinajstić information content (AvgIpc) is 2.84. The lowest BCUT2D eigenvalue weighted by Crippen LogP contribution is -2.34. The Morgan fingerprint density at radius 2 is 1.64 bits per heavy atom. The zero-order valence-electron chi connectivity index (χ0n) is 10.3. The van der Waals surface area contributed by atoms with Gasteiger partial charge in [-0.05, 0) is 44.9 Å². The minimum Gasteiger partial charge on any atom is -0.312 e. The molecular weight excluding hydrogens is 170 g/mol. The van der Waals surface area contributed by atoms with E-state index in [4.69, 9.17) is 0 Å². The molecule has 0 amide bonds. The predicted octanol–water partition coefficient (Wildman–Crippen LogP) is 3.59. The van der Waals surface area contributed by atoms with Crippen LogP contribution in [0.5, 0.6) is 0 Å². The third-order valence-corrected chi connectivity index (χ3v) is 3.13. The largest absolute Gasteiger partial charge is 0.312 e. The van der Waals surface area contributed by atoms with Crippen LogP contribution in [0.4, 0.5) is 0 Å². The Balaban J connectivity index is 2.02. The first-order valence-electron chi connectivity index (χ1n) is 6.34. The molecular formula is C13H27N. The molecule has 1 rings (SSSR count). The molecule has 1 heteroatoms. The van der Waals surface area contributed by atoms with Gasteiger partial charge >= 0.3 is 0 Å². The van der Waals surface area contributed by atoms with Gasteiger partial charge in [0.1, 0.15) is 0 Å². The molecule has 2 unspecified atom stereocenters. The second-order valence-corrected chi connectivity index (χ2v) is 5.62. The van der Waals surface area contributed by atoms with Gasteiger partial charge in [0.05, 0.1) is 0 Å². The quantitative estimate of drug-likeness (QED) is 0.657. The molecule has 1 fully saturated rings. The summed E-state index contributed by atoms with van der Waals surface area (Å²) >= 11 is 0. The fraction of sp³-hybridized carbons (Fsp3) is 1.00. The van der Waals surface area contributed by atoms with Gasteiger partial charge in [0.2, 0.25) is 0 Å². The molecule has 0 aromatic carbocycles. The molecule has 0 bridgehead atoms. The van der Waals surface area contributed by atoms with Crippen molar-refractivity contribution in [3.05, 3.63) is 0 Å². The van der Waals surface area contributed by atoms with Crippen LogP contribution in [-0.4, -0.2) is 12.1 Å². The van der Waals surface area contributed by atoms with E-state index in [9.17, 15) is 0 Å². The molecule has 0 aromatic heterocycles. The number of rotatable bonds is 7. The van der Waals surface area contributed by atoms with Crippen LogP contribution < -0.4 is 5.32 Å². The van der Waals surface area contributed by atoms with Crippen LogP contribution in [0.2, 0.25) is 0 Å². The van der Waals surface area contributed by atoms with Gasteiger partial charge in [-0.1, -0.05) is 26.7 Å². The summed E-state index contributed by atoms with van der Waals surface area (Å²) in [5.41, 5.74) is 0. The van der Waals surface area contributed by atoms with Crippen molar-refractivity contribution >= 4 is 0 Å². The van der Waals surface area contributed by atoms with Crippen LogP contribution in [0.3, 0.4) is 0 Å². The van der Waals surface area contributed by atoms with Gasteiger partial charge in [0.15, 0.2) is 0 Å². The molecule has 1 aliphatic carbocycles. The molecule has 0 radical (unpaired) electrons. The molecule has 84 valence electrons. The summed E-state index contributed by atoms with van der Waals surface area (Å²) in [6.45, 7) is 9.27. The van der Waals surface area contributed by atoms with E-state index in [0.717, 1.165) is 17.9 Å². The number of hydrogen-bond donors (Lipinski definition) is 1. The Labute approximate surface area is 89.7 Å². The maximum absolute atomic E-state index is 3.71. The highest BCUT2D eigenvalue weighted by Gasteiger charge is 2.23. The van der Waals surface area contributed by atoms with Crippen molar-refractivity contribution in [1.82, 2.24) is 5.32 Å². The van der Waals surface area contributed by atoms with Crippen molar-refractivity contribution in [2.45, 2.75) is 71.9 Å². The van der Waals surface area contributed by atoms with E-state index in [1.165, 1.54) is 32.1 Å². The van der Waals surface area contributed by atoms with Crippen molar-refractivity contribution in [2.24, 2.45) is 11.8 Å². The Kier molecular flexibility index (Phi) is 4.94. The van der Waals surface area contributed by atoms with Crippen LogP contribution >= 0.6 is 0 Å². The van der Waals surface area contributed by atoms with Crippen molar-refractivity contribution in [3.8, 4) is 0 Å². The lowest BCUT2D eigenvalue weighted by atomic mass is 10.0. The maximum atomic E-state index is 3.71. The van der Waals surface area contributed by atoms with E-state index in [0.29, 0.717) is 6.04 Å². The first-order valence-corrected chi connectivity index (χ1v) is 6.34. The lowest BCUT2D eigenvalue weighted by Gasteiger charge is -2.20. The SMILES string of the molecule is CC(C)CCC(C)NC(C)CC1CC1. The zero-order chi connectivity index (χ0) is 10.6. The van der Waals surface area contributed by atoms with Crippen LogP contribution in [0.15, 0.2) is 0 Å². The molecule has 0 heterocycles. The van der Waals surface area contributed by atoms with Crippen LogP contribution in [0.1, 0.15) is 59.8 Å². The molecule has 1 N–H and O–H groups in total. The van der Waals surface area contributed by atoms with E-state index >= 15 is 0 Å². The third kappa shape index (κ3) is 5.64. The summed E-state index contributed by atoms with van der Waals surface area (Å²) < 4.78 is 0. The van der Waals surface area contributed by atoms with Crippen molar-refractivity contribution < 1.29 is 0 Å². The van der Waals surface area contributed by atoms with Gasteiger partial charge in [0.25, 0.3) is 0 Å². The monoisotopic (exact) mass is 197 g/mol. The Hall–Kier alpha value is -0.0400. The first kappa shape index (κ1) is 12.0. The smallest absolute Gasteiger partial charge is 0.00438 e. The van der Waals surface area contributed by atoms with Crippen molar-refractivity contribution in [1.29, 1.82) is 0 Å². The van der Waals surface area contributed by atoms with Gasteiger partial charge in [0, 0.05) is 12.1 Å². The average molecular weight is 197 g/mol. The van der Waals surface area contributed by atoms with E-state index in [1.807, 2.05) is 0 Å². The fourth-order valence-electron chi connectivity index (χ4n) is 2.07. The normalized spacial score (nSPS) is 21.2. The standard InChI is InChI=1S/C13H27N/c1-10(2)5-6-11(3)14-12(4)9-13-7-8-13/h10-14H,5-9H2,1-4H3. The molecule has 0 aliphatic heterocycles. The molecule has 1 nitrogen and oxygen atoms in total. The van der Waals surface area contributed by atoms with E-state index in [-0.39, 0.29) is 0 Å². The minimum absolute atomic E-state index is 0.700. The van der Waals surface area contributed by atoms with E-state index < -0.39 is 0 Å². The van der Waals surface area contributed by atoms with E-state index in [2.05, 4.69) is 33.0 Å². The highest BCUT2D eigenvalue weighted by Crippen LogP contribution is 2.33. The Morgan fingerprint density at radius 1 is 1.00 bits per heavy atom. The second kappa shape index (κ2) is 5.75. The molecule has 1 aliphatic rings. The van der Waals surface area contributed by atoms with Gasteiger partial charge < -0.3 is 5.32 Å². The highest BCUT2D eigenvalue weighted by atomic mass is 14.9. The summed E-state index contributed by atoms with van der Waals surface area (Å²) in [6.07, 6.45) is 7.03. The summed E-state index contributed by atoms with van der Waals surface area (Å²) in [7, 11) is 0. The molecule has 0 aromatic rings. The third-order valence-electron chi connectivity index (χ3n) is 3.13. The van der Waals surface area contributed by atoms with Gasteiger partial charge in [-0.25, -0.2) is 0 Å². The van der Waals surface area contributed by atoms with Crippen LogP contribution in [-0.2, 0) is 0 Å². The highest BCUT2D eigenvalue weighted by molar-refractivity contribution is 4.79. The molecule has 0 saturated heterocycles. The van der Waals surface area contributed by atoms with Crippen molar-refractivity contribution in [2.75, 3.05) is 0 Å². The molecule has 14 heavy (non-hydrogen) atoms. The fourth-order valence-corrected chi connectivity index (χ4v) is 2.07. The zero-order valence-corrected chi connectivity index (χ0v) is 10.3. The van der Waals surface area contributed by atoms with E-state index in [1.54, 1.807) is 0 Å². The Morgan fingerprint density at radius 3 is 2.14 bits per heavy atom. The summed E-state index contributed by atoms with van der Waals surface area (Å²) in [6, 6.07) is 1.43. The second-order valence-electron chi connectivity index (χ2n) is 5.62. The summed E-state index contributed by atoms with van der Waals surface area (Å²) in [5, 5.41) is 3.71. The minimum atomic E-state index is 0.700. The number of hydrogen-bond acceptors (Lipinski definition) is 1. The topological polar surface area (TPSA) is 12.0 Å². The van der Waals surface area contributed by atoms with Gasteiger partial charge in [-0.3, -0.25) is 0 Å². The van der Waals surface area contributed by atoms with Crippen LogP contribution in [0.25, 0.3) is 0 Å². The lowest BCUT2D eigenvalue weighted by molar-refractivity contribution is 0.390. The molecule has 0 spiro atoms. The Bertz CT molecular complexity index is 149. The van der Waals surface area contributed by atoms with Crippen LogP contribution in [0, 0.1) is 11.8 Å². The maximum Gasteiger partial charge on any atom is 0.00438 e. The molecule has 2 atom stereocenters. The van der Waals surface area contributed by atoms with Gasteiger partial charge in [-0.15, -0.1) is 0 Å². The summed E-state index contributed by atoms with van der Waals surface area (Å²) in [5.74, 6) is 1.90. The number of nitrogens with one attached hydrogen (secondary N) is 1. The predicted molar refractivity (Wildman–Crippen MR) is 63.5 cm³/mol.